The number of thiophene rings is 1. The van der Waals surface area contributed by atoms with E-state index in [2.05, 4.69) is 133 Å². The number of hydrogen-bond acceptors (Lipinski definition) is 2. The summed E-state index contributed by atoms with van der Waals surface area (Å²) in [6.45, 7) is 0. The molecule has 0 bridgehead atoms. The molecule has 8 aromatic rings. The molecular weight excluding hydrogens is 521 g/mol. The molecule has 9 rings (SSSR count). The van der Waals surface area contributed by atoms with Crippen molar-refractivity contribution in [3.05, 3.63) is 133 Å². The van der Waals surface area contributed by atoms with Crippen LogP contribution in [0.1, 0.15) is 0 Å². The highest BCUT2D eigenvalue weighted by molar-refractivity contribution is 7.99. The molecule has 0 saturated heterocycles. The third-order valence-corrected chi connectivity index (χ3v) is 10.6. The molecule has 0 spiro atoms. The summed E-state index contributed by atoms with van der Waals surface area (Å²) in [5.74, 6) is 0. The number of rotatable bonds is 2. The van der Waals surface area contributed by atoms with E-state index in [1.165, 1.54) is 84.9 Å². The van der Waals surface area contributed by atoms with Crippen molar-refractivity contribution in [1.82, 2.24) is 0 Å². The Morgan fingerprint density at radius 1 is 0.400 bits per heavy atom. The predicted molar refractivity (Wildman–Crippen MR) is 175 cm³/mol. The van der Waals surface area contributed by atoms with Crippen LogP contribution < -0.4 is 0 Å². The van der Waals surface area contributed by atoms with Gasteiger partial charge in [0.2, 0.25) is 0 Å². The van der Waals surface area contributed by atoms with E-state index in [4.69, 9.17) is 0 Å². The molecule has 0 atom stereocenters. The Hall–Kier alpha value is -4.37. The highest BCUT2D eigenvalue weighted by Gasteiger charge is 2.20. The van der Waals surface area contributed by atoms with Crippen molar-refractivity contribution in [2.24, 2.45) is 0 Å². The molecule has 0 N–H and O–H groups in total. The Morgan fingerprint density at radius 2 is 1.10 bits per heavy atom. The first kappa shape index (κ1) is 22.4. The zero-order valence-electron chi connectivity index (χ0n) is 21.5. The smallest absolute Gasteiger partial charge is 0.0434 e. The topological polar surface area (TPSA) is 0 Å². The molecule has 0 saturated carbocycles. The molecule has 0 unspecified atom stereocenters. The van der Waals surface area contributed by atoms with E-state index in [1.54, 1.807) is 0 Å². The first-order valence-corrected chi connectivity index (χ1v) is 15.2. The summed E-state index contributed by atoms with van der Waals surface area (Å²) < 4.78 is 2.70. The van der Waals surface area contributed by atoms with Gasteiger partial charge >= 0.3 is 0 Å². The molecule has 1 aromatic heterocycles. The normalized spacial score (nSPS) is 12.4. The third kappa shape index (κ3) is 3.21. The molecule has 0 nitrogen and oxygen atoms in total. The van der Waals surface area contributed by atoms with E-state index in [0.717, 1.165) is 0 Å². The van der Waals surface area contributed by atoms with E-state index in [-0.39, 0.29) is 0 Å². The summed E-state index contributed by atoms with van der Waals surface area (Å²) in [4.78, 5) is 2.67. The Labute approximate surface area is 240 Å². The molecule has 186 valence electrons. The van der Waals surface area contributed by atoms with Gasteiger partial charge in [0.15, 0.2) is 0 Å². The Kier molecular flexibility index (Phi) is 4.81. The van der Waals surface area contributed by atoms with Crippen LogP contribution in [0.15, 0.2) is 143 Å². The number of benzene rings is 7. The van der Waals surface area contributed by atoms with Gasteiger partial charge in [-0.3, -0.25) is 0 Å². The minimum atomic E-state index is 1.26. The second-order valence-electron chi connectivity index (χ2n) is 10.5. The van der Waals surface area contributed by atoms with E-state index >= 15 is 0 Å². The average Bonchev–Trinajstić information content (AvgIpc) is 3.40. The maximum Gasteiger partial charge on any atom is 0.0434 e. The lowest BCUT2D eigenvalue weighted by Crippen LogP contribution is -1.94. The Morgan fingerprint density at radius 3 is 2.00 bits per heavy atom. The maximum absolute atomic E-state index is 2.40. The van der Waals surface area contributed by atoms with Crippen molar-refractivity contribution >= 4 is 64.8 Å². The van der Waals surface area contributed by atoms with Gasteiger partial charge in [-0.1, -0.05) is 121 Å². The fourth-order valence-corrected chi connectivity index (χ4v) is 8.84. The quantitative estimate of drug-likeness (QED) is 0.209. The highest BCUT2D eigenvalue weighted by Crippen LogP contribution is 2.49. The lowest BCUT2D eigenvalue weighted by Gasteiger charge is -2.21. The molecule has 40 heavy (non-hydrogen) atoms. The van der Waals surface area contributed by atoms with Crippen LogP contribution in [-0.2, 0) is 0 Å². The van der Waals surface area contributed by atoms with Crippen molar-refractivity contribution in [3.8, 4) is 33.4 Å². The Bertz CT molecular complexity index is 2300. The van der Waals surface area contributed by atoms with Crippen molar-refractivity contribution in [2.45, 2.75) is 9.79 Å². The molecule has 2 heteroatoms. The number of fused-ring (bicyclic) bond motifs is 6. The van der Waals surface area contributed by atoms with Crippen LogP contribution >= 0.6 is 23.1 Å². The van der Waals surface area contributed by atoms with E-state index in [9.17, 15) is 0 Å². The molecule has 1 aliphatic heterocycles. The monoisotopic (exact) mass is 542 g/mol. The van der Waals surface area contributed by atoms with Gasteiger partial charge in [0.25, 0.3) is 0 Å². The second-order valence-corrected chi connectivity index (χ2v) is 12.6. The largest absolute Gasteiger partial charge is 0.135 e. The molecule has 0 radical (unpaired) electrons. The molecule has 2 heterocycles. The highest BCUT2D eigenvalue weighted by atomic mass is 32.2. The summed E-state index contributed by atoms with van der Waals surface area (Å²) in [7, 11) is 0. The van der Waals surface area contributed by atoms with Gasteiger partial charge in [-0.2, -0.15) is 0 Å². The van der Waals surface area contributed by atoms with Crippen molar-refractivity contribution in [3.63, 3.8) is 0 Å². The first-order chi connectivity index (χ1) is 19.8. The minimum Gasteiger partial charge on any atom is -0.135 e. The van der Waals surface area contributed by atoms with Gasteiger partial charge in [0.1, 0.15) is 0 Å². The van der Waals surface area contributed by atoms with Gasteiger partial charge in [-0.25, -0.2) is 0 Å². The molecular formula is C38H22S2. The summed E-state index contributed by atoms with van der Waals surface area (Å²) in [6, 6.07) is 49.4. The van der Waals surface area contributed by atoms with Crippen molar-refractivity contribution in [1.29, 1.82) is 0 Å². The minimum absolute atomic E-state index is 1.26. The predicted octanol–water partition coefficient (Wildman–Crippen LogP) is 11.8. The van der Waals surface area contributed by atoms with Gasteiger partial charge in [0.05, 0.1) is 0 Å². The van der Waals surface area contributed by atoms with Gasteiger partial charge in [-0.05, 0) is 68.2 Å². The third-order valence-electron chi connectivity index (χ3n) is 8.29. The average molecular weight is 543 g/mol. The first-order valence-electron chi connectivity index (χ1n) is 13.6. The van der Waals surface area contributed by atoms with Gasteiger partial charge < -0.3 is 0 Å². The van der Waals surface area contributed by atoms with Crippen LogP contribution in [-0.4, -0.2) is 0 Å². The van der Waals surface area contributed by atoms with E-state index < -0.39 is 0 Å². The maximum atomic E-state index is 2.40. The van der Waals surface area contributed by atoms with Crippen LogP contribution in [0.25, 0.3) is 75.1 Å². The van der Waals surface area contributed by atoms with E-state index in [1.807, 2.05) is 23.1 Å². The van der Waals surface area contributed by atoms with Gasteiger partial charge in [-0.15, -0.1) is 11.3 Å². The SMILES string of the molecule is c1cc2c3c(cccc3c1)-c1cc(-c3ccc(-c4cccc5c4sc4ccccc45)c4ccccc34)ccc1S2. The van der Waals surface area contributed by atoms with Gasteiger partial charge in [0, 0.05) is 40.9 Å². The number of hydrogen-bond donors (Lipinski definition) is 0. The fourth-order valence-electron chi connectivity index (χ4n) is 6.48. The Balaban J connectivity index is 1.26. The summed E-state index contributed by atoms with van der Waals surface area (Å²) >= 11 is 3.78. The van der Waals surface area contributed by atoms with Crippen LogP contribution in [0.4, 0.5) is 0 Å². The van der Waals surface area contributed by atoms with Crippen LogP contribution in [0.2, 0.25) is 0 Å². The molecule has 0 amide bonds. The molecule has 0 fully saturated rings. The fraction of sp³-hybridized carbons (Fsp3) is 0. The van der Waals surface area contributed by atoms with Crippen LogP contribution in [0.5, 0.6) is 0 Å². The molecule has 7 aromatic carbocycles. The van der Waals surface area contributed by atoms with Crippen LogP contribution in [0.3, 0.4) is 0 Å². The van der Waals surface area contributed by atoms with Crippen molar-refractivity contribution < 1.29 is 0 Å². The zero-order chi connectivity index (χ0) is 26.2. The lowest BCUT2D eigenvalue weighted by molar-refractivity contribution is 1.40. The van der Waals surface area contributed by atoms with Crippen LogP contribution in [0, 0.1) is 0 Å². The summed E-state index contributed by atoms with van der Waals surface area (Å²) in [5, 5.41) is 7.95. The molecule has 0 aliphatic carbocycles. The summed E-state index contributed by atoms with van der Waals surface area (Å²) in [6.07, 6.45) is 0. The lowest BCUT2D eigenvalue weighted by atomic mass is 9.90. The summed E-state index contributed by atoms with van der Waals surface area (Å²) in [5.41, 5.74) is 7.81. The standard InChI is InChI=1S/C38H22S2/c1-2-11-27-26(10-1)25(19-20-28(27)31-14-7-15-32-29-12-3-4-16-34(29)40-38(31)32)24-18-21-35-33(22-24)30-13-5-8-23-9-6-17-36(39-35)37(23)30/h1-22H. The second kappa shape index (κ2) is 8.56. The van der Waals surface area contributed by atoms with Crippen molar-refractivity contribution in [2.75, 3.05) is 0 Å². The molecule has 1 aliphatic rings. The zero-order valence-corrected chi connectivity index (χ0v) is 23.2. The van der Waals surface area contributed by atoms with E-state index in [0.29, 0.717) is 0 Å².